The van der Waals surface area contributed by atoms with Crippen molar-refractivity contribution >= 4 is 17.5 Å². The van der Waals surface area contributed by atoms with Gasteiger partial charge in [0, 0.05) is 25.1 Å². The molecule has 0 radical (unpaired) electrons. The van der Waals surface area contributed by atoms with Crippen LogP contribution in [0.2, 0.25) is 0 Å². The number of anilines is 1. The van der Waals surface area contributed by atoms with Crippen LogP contribution in [0, 0.1) is 0 Å². The van der Waals surface area contributed by atoms with Gasteiger partial charge >= 0.3 is 0 Å². The molecular formula is C13H19N3O2. The van der Waals surface area contributed by atoms with E-state index in [1.807, 2.05) is 30.3 Å². The standard InChI is InChI=1S/C13H19N3O2/c14-9-4-7-13(18)16(10-8-12(15)17)11-5-2-1-3-6-11/h1-3,5-6H,4,7-10,14H2,(H2,15,17). The molecule has 0 aliphatic heterocycles. The van der Waals surface area contributed by atoms with Crippen LogP contribution in [-0.2, 0) is 9.59 Å². The Hall–Kier alpha value is -1.88. The van der Waals surface area contributed by atoms with E-state index in [1.165, 1.54) is 0 Å². The van der Waals surface area contributed by atoms with Gasteiger partial charge in [0.1, 0.15) is 0 Å². The van der Waals surface area contributed by atoms with Gasteiger partial charge in [-0.3, -0.25) is 9.59 Å². The molecular weight excluding hydrogens is 230 g/mol. The number of para-hydroxylation sites is 1. The second-order valence-electron chi connectivity index (χ2n) is 3.99. The van der Waals surface area contributed by atoms with E-state index in [4.69, 9.17) is 11.5 Å². The van der Waals surface area contributed by atoms with Gasteiger partial charge in [-0.2, -0.15) is 0 Å². The molecule has 0 bridgehead atoms. The first kappa shape index (κ1) is 14.2. The topological polar surface area (TPSA) is 89.4 Å². The van der Waals surface area contributed by atoms with E-state index >= 15 is 0 Å². The van der Waals surface area contributed by atoms with Gasteiger partial charge in [0.2, 0.25) is 11.8 Å². The Bertz CT molecular complexity index is 392. The maximum absolute atomic E-state index is 12.0. The van der Waals surface area contributed by atoms with Gasteiger partial charge in [-0.25, -0.2) is 0 Å². The fourth-order valence-corrected chi connectivity index (χ4v) is 1.62. The van der Waals surface area contributed by atoms with Crippen molar-refractivity contribution in [3.8, 4) is 0 Å². The van der Waals surface area contributed by atoms with Crippen LogP contribution in [0.5, 0.6) is 0 Å². The number of nitrogens with two attached hydrogens (primary N) is 2. The lowest BCUT2D eigenvalue weighted by Crippen LogP contribution is -2.34. The minimum Gasteiger partial charge on any atom is -0.370 e. The first-order valence-corrected chi connectivity index (χ1v) is 5.99. The number of primary amides is 1. The average molecular weight is 249 g/mol. The number of rotatable bonds is 7. The molecule has 98 valence electrons. The molecule has 1 aromatic rings. The van der Waals surface area contributed by atoms with E-state index < -0.39 is 5.91 Å². The number of amides is 2. The maximum atomic E-state index is 12.0. The molecule has 0 saturated carbocycles. The Morgan fingerprint density at radius 1 is 1.11 bits per heavy atom. The molecule has 1 aromatic carbocycles. The lowest BCUT2D eigenvalue weighted by Gasteiger charge is -2.22. The number of hydrogen-bond acceptors (Lipinski definition) is 3. The number of nitrogens with zero attached hydrogens (tertiary/aromatic N) is 1. The van der Waals surface area contributed by atoms with Gasteiger partial charge in [-0.1, -0.05) is 18.2 Å². The third-order valence-electron chi connectivity index (χ3n) is 2.55. The Kier molecular flexibility index (Phi) is 5.87. The highest BCUT2D eigenvalue weighted by Gasteiger charge is 2.15. The molecule has 4 N–H and O–H groups in total. The molecule has 2 amide bonds. The summed E-state index contributed by atoms with van der Waals surface area (Å²) in [7, 11) is 0. The van der Waals surface area contributed by atoms with Gasteiger partial charge in [0.05, 0.1) is 0 Å². The molecule has 0 aliphatic carbocycles. The van der Waals surface area contributed by atoms with Crippen molar-refractivity contribution < 1.29 is 9.59 Å². The highest BCUT2D eigenvalue weighted by atomic mass is 16.2. The first-order chi connectivity index (χ1) is 8.65. The van der Waals surface area contributed by atoms with Gasteiger partial charge < -0.3 is 16.4 Å². The average Bonchev–Trinajstić information content (AvgIpc) is 2.37. The van der Waals surface area contributed by atoms with E-state index in [0.717, 1.165) is 5.69 Å². The molecule has 0 spiro atoms. The van der Waals surface area contributed by atoms with Gasteiger partial charge in [-0.05, 0) is 25.1 Å². The number of benzene rings is 1. The summed E-state index contributed by atoms with van der Waals surface area (Å²) >= 11 is 0. The van der Waals surface area contributed by atoms with E-state index in [9.17, 15) is 9.59 Å². The monoisotopic (exact) mass is 249 g/mol. The molecule has 0 heterocycles. The summed E-state index contributed by atoms with van der Waals surface area (Å²) in [5.74, 6) is -0.449. The van der Waals surface area contributed by atoms with Crippen molar-refractivity contribution in [2.24, 2.45) is 11.5 Å². The van der Waals surface area contributed by atoms with Crippen LogP contribution in [0.25, 0.3) is 0 Å². The summed E-state index contributed by atoms with van der Waals surface area (Å²) in [5.41, 5.74) is 11.3. The van der Waals surface area contributed by atoms with Crippen molar-refractivity contribution in [3.05, 3.63) is 30.3 Å². The van der Waals surface area contributed by atoms with Crippen LogP contribution in [0.15, 0.2) is 30.3 Å². The van der Waals surface area contributed by atoms with Crippen molar-refractivity contribution in [1.29, 1.82) is 0 Å². The Labute approximate surface area is 107 Å². The SMILES string of the molecule is NCCCC(=O)N(CCC(N)=O)c1ccccc1. The highest BCUT2D eigenvalue weighted by molar-refractivity contribution is 5.93. The quantitative estimate of drug-likeness (QED) is 0.742. The lowest BCUT2D eigenvalue weighted by molar-refractivity contribution is -0.119. The van der Waals surface area contributed by atoms with Crippen LogP contribution >= 0.6 is 0 Å². The summed E-state index contributed by atoms with van der Waals surface area (Å²) in [5, 5.41) is 0. The summed E-state index contributed by atoms with van der Waals surface area (Å²) < 4.78 is 0. The molecule has 0 saturated heterocycles. The minimum absolute atomic E-state index is 0.0344. The first-order valence-electron chi connectivity index (χ1n) is 5.99. The summed E-state index contributed by atoms with van der Waals surface area (Å²) in [6.45, 7) is 0.785. The largest absolute Gasteiger partial charge is 0.370 e. The molecule has 5 heteroatoms. The van der Waals surface area contributed by atoms with Crippen molar-refractivity contribution in [3.63, 3.8) is 0 Å². The fraction of sp³-hybridized carbons (Fsp3) is 0.385. The Morgan fingerprint density at radius 2 is 1.78 bits per heavy atom. The van der Waals surface area contributed by atoms with E-state index in [2.05, 4.69) is 0 Å². The zero-order valence-corrected chi connectivity index (χ0v) is 10.3. The Balaban J connectivity index is 2.74. The zero-order valence-electron chi connectivity index (χ0n) is 10.3. The summed E-state index contributed by atoms with van der Waals surface area (Å²) in [6.07, 6.45) is 1.17. The molecule has 1 rings (SSSR count). The smallest absolute Gasteiger partial charge is 0.227 e. The number of carbonyl (C=O) groups is 2. The zero-order chi connectivity index (χ0) is 13.4. The van der Waals surface area contributed by atoms with Gasteiger partial charge in [0.15, 0.2) is 0 Å². The summed E-state index contributed by atoms with van der Waals surface area (Å²) in [4.78, 5) is 24.5. The second kappa shape index (κ2) is 7.45. The predicted molar refractivity (Wildman–Crippen MR) is 70.9 cm³/mol. The van der Waals surface area contributed by atoms with Crippen LogP contribution in [-0.4, -0.2) is 24.9 Å². The van der Waals surface area contributed by atoms with E-state index in [-0.39, 0.29) is 12.3 Å². The maximum Gasteiger partial charge on any atom is 0.227 e. The van der Waals surface area contributed by atoms with Crippen LogP contribution in [0.1, 0.15) is 19.3 Å². The van der Waals surface area contributed by atoms with Crippen LogP contribution < -0.4 is 16.4 Å². The minimum atomic E-state index is -0.414. The molecule has 5 nitrogen and oxygen atoms in total. The normalized spacial score (nSPS) is 10.1. The second-order valence-corrected chi connectivity index (χ2v) is 3.99. The fourth-order valence-electron chi connectivity index (χ4n) is 1.62. The van der Waals surface area contributed by atoms with Gasteiger partial charge in [-0.15, -0.1) is 0 Å². The van der Waals surface area contributed by atoms with Crippen LogP contribution in [0.3, 0.4) is 0 Å². The number of hydrogen-bond donors (Lipinski definition) is 2. The Morgan fingerprint density at radius 3 is 2.33 bits per heavy atom. The molecule has 0 aliphatic rings. The van der Waals surface area contributed by atoms with Crippen LogP contribution in [0.4, 0.5) is 5.69 Å². The van der Waals surface area contributed by atoms with Gasteiger partial charge in [0.25, 0.3) is 0 Å². The van der Waals surface area contributed by atoms with Crippen molar-refractivity contribution in [2.45, 2.75) is 19.3 Å². The van der Waals surface area contributed by atoms with E-state index in [0.29, 0.717) is 25.9 Å². The molecule has 0 fully saturated rings. The summed E-state index contributed by atoms with van der Waals surface area (Å²) in [6, 6.07) is 9.24. The highest BCUT2D eigenvalue weighted by Crippen LogP contribution is 2.15. The third-order valence-corrected chi connectivity index (χ3v) is 2.55. The number of carbonyl (C=O) groups excluding carboxylic acids is 2. The van der Waals surface area contributed by atoms with Crippen molar-refractivity contribution in [2.75, 3.05) is 18.0 Å². The molecule has 0 unspecified atom stereocenters. The van der Waals surface area contributed by atoms with Crippen molar-refractivity contribution in [1.82, 2.24) is 0 Å². The predicted octanol–water partition coefficient (Wildman–Crippen LogP) is 0.634. The molecule has 0 atom stereocenters. The lowest BCUT2D eigenvalue weighted by atomic mass is 10.2. The van der Waals surface area contributed by atoms with E-state index in [1.54, 1.807) is 4.90 Å². The molecule has 18 heavy (non-hydrogen) atoms. The third kappa shape index (κ3) is 4.55. The molecule has 0 aromatic heterocycles.